The zero-order chi connectivity index (χ0) is 15.4. The standard InChI is InChI=1S/C17H31N5/c1-3-19-9-13-21(14-10-19)17(7-5-6-8-18-17)22-15-11-20(4-2)12-16-22/h5-8,18H,3-4,9-16H2,1-2H3. The minimum atomic E-state index is -0.117. The van der Waals surface area contributed by atoms with Crippen molar-refractivity contribution in [3.05, 3.63) is 24.4 Å². The van der Waals surface area contributed by atoms with Crippen LogP contribution >= 0.6 is 0 Å². The molecule has 3 aliphatic heterocycles. The molecule has 0 radical (unpaired) electrons. The highest BCUT2D eigenvalue weighted by Gasteiger charge is 2.42. The molecule has 0 saturated carbocycles. The molecular weight excluding hydrogens is 274 g/mol. The predicted molar refractivity (Wildman–Crippen MR) is 91.5 cm³/mol. The zero-order valence-corrected chi connectivity index (χ0v) is 14.2. The average Bonchev–Trinajstić information content (AvgIpc) is 2.62. The first kappa shape index (κ1) is 16.0. The number of nitrogens with one attached hydrogen (secondary N) is 1. The van der Waals surface area contributed by atoms with E-state index in [1.54, 1.807) is 0 Å². The van der Waals surface area contributed by atoms with Crippen molar-refractivity contribution in [2.75, 3.05) is 65.4 Å². The predicted octanol–water partition coefficient (Wildman–Crippen LogP) is 0.588. The second kappa shape index (κ2) is 7.13. The highest BCUT2D eigenvalue weighted by molar-refractivity contribution is 5.19. The summed E-state index contributed by atoms with van der Waals surface area (Å²) in [6, 6.07) is 0. The Morgan fingerprint density at radius 3 is 1.64 bits per heavy atom. The van der Waals surface area contributed by atoms with Gasteiger partial charge in [-0.2, -0.15) is 0 Å². The summed E-state index contributed by atoms with van der Waals surface area (Å²) in [6.45, 7) is 16.1. The Labute approximate surface area is 135 Å². The minimum Gasteiger partial charge on any atom is -0.358 e. The third kappa shape index (κ3) is 3.08. The van der Waals surface area contributed by atoms with E-state index in [4.69, 9.17) is 0 Å². The van der Waals surface area contributed by atoms with E-state index in [0.717, 1.165) is 26.2 Å². The van der Waals surface area contributed by atoms with Gasteiger partial charge in [0.2, 0.25) is 0 Å². The fourth-order valence-electron chi connectivity index (χ4n) is 3.87. The first-order valence-corrected chi connectivity index (χ1v) is 8.85. The normalized spacial score (nSPS) is 27.9. The number of nitrogens with zero attached hydrogens (tertiary/aromatic N) is 4. The van der Waals surface area contributed by atoms with E-state index in [1.807, 2.05) is 0 Å². The fraction of sp³-hybridized carbons (Fsp3) is 0.765. The summed E-state index contributed by atoms with van der Waals surface area (Å²) in [5.74, 6) is -0.117. The number of hydrogen-bond acceptors (Lipinski definition) is 5. The van der Waals surface area contributed by atoms with Crippen LogP contribution < -0.4 is 5.32 Å². The van der Waals surface area contributed by atoms with Crippen molar-refractivity contribution >= 4 is 0 Å². The molecular formula is C17H31N5. The Hall–Kier alpha value is -0.880. The molecule has 3 rings (SSSR count). The van der Waals surface area contributed by atoms with Crippen LogP contribution in [0.15, 0.2) is 24.4 Å². The summed E-state index contributed by atoms with van der Waals surface area (Å²) in [5, 5.41) is 3.69. The summed E-state index contributed by atoms with van der Waals surface area (Å²) in [6.07, 6.45) is 8.77. The summed E-state index contributed by atoms with van der Waals surface area (Å²) in [4.78, 5) is 10.3. The molecule has 0 aromatic rings. The second-order valence-electron chi connectivity index (χ2n) is 6.43. The monoisotopic (exact) mass is 305 g/mol. The topological polar surface area (TPSA) is 25.0 Å². The van der Waals surface area contributed by atoms with Gasteiger partial charge >= 0.3 is 0 Å². The number of dihydropyridines is 1. The lowest BCUT2D eigenvalue weighted by molar-refractivity contribution is -0.0782. The Morgan fingerprint density at radius 1 is 0.773 bits per heavy atom. The van der Waals surface area contributed by atoms with Crippen LogP contribution in [-0.2, 0) is 0 Å². The third-order valence-corrected chi connectivity index (χ3v) is 5.43. The molecule has 0 aliphatic carbocycles. The summed E-state index contributed by atoms with van der Waals surface area (Å²) >= 11 is 0. The van der Waals surface area contributed by atoms with Gasteiger partial charge in [-0.25, -0.2) is 0 Å². The van der Waals surface area contributed by atoms with E-state index < -0.39 is 0 Å². The Kier molecular flexibility index (Phi) is 5.18. The molecule has 2 fully saturated rings. The van der Waals surface area contributed by atoms with Crippen LogP contribution in [0.4, 0.5) is 0 Å². The lowest BCUT2D eigenvalue weighted by atomic mass is 10.1. The van der Waals surface area contributed by atoms with Crippen molar-refractivity contribution in [1.29, 1.82) is 0 Å². The van der Waals surface area contributed by atoms with Crippen LogP contribution in [0.2, 0.25) is 0 Å². The van der Waals surface area contributed by atoms with Gasteiger partial charge in [0, 0.05) is 52.4 Å². The zero-order valence-electron chi connectivity index (χ0n) is 14.2. The maximum atomic E-state index is 3.69. The molecule has 0 aromatic carbocycles. The van der Waals surface area contributed by atoms with E-state index in [9.17, 15) is 0 Å². The maximum absolute atomic E-state index is 3.69. The van der Waals surface area contributed by atoms with Gasteiger partial charge in [-0.1, -0.05) is 19.9 Å². The van der Waals surface area contributed by atoms with Crippen LogP contribution in [0.25, 0.3) is 0 Å². The van der Waals surface area contributed by atoms with Crippen molar-refractivity contribution in [3.8, 4) is 0 Å². The van der Waals surface area contributed by atoms with E-state index in [-0.39, 0.29) is 5.79 Å². The molecule has 124 valence electrons. The van der Waals surface area contributed by atoms with Crippen molar-refractivity contribution in [3.63, 3.8) is 0 Å². The van der Waals surface area contributed by atoms with Gasteiger partial charge in [0.15, 0.2) is 5.79 Å². The summed E-state index contributed by atoms with van der Waals surface area (Å²) in [7, 11) is 0. The van der Waals surface area contributed by atoms with Crippen molar-refractivity contribution in [1.82, 2.24) is 24.9 Å². The highest BCUT2D eigenvalue weighted by Crippen LogP contribution is 2.25. The van der Waals surface area contributed by atoms with Crippen LogP contribution in [-0.4, -0.2) is 90.8 Å². The molecule has 22 heavy (non-hydrogen) atoms. The van der Waals surface area contributed by atoms with E-state index in [2.05, 4.69) is 63.2 Å². The van der Waals surface area contributed by atoms with Crippen LogP contribution in [0.1, 0.15) is 13.8 Å². The highest BCUT2D eigenvalue weighted by atomic mass is 15.5. The van der Waals surface area contributed by atoms with Crippen molar-refractivity contribution in [2.45, 2.75) is 19.6 Å². The fourth-order valence-corrected chi connectivity index (χ4v) is 3.87. The molecule has 0 bridgehead atoms. The van der Waals surface area contributed by atoms with E-state index >= 15 is 0 Å². The van der Waals surface area contributed by atoms with E-state index in [1.165, 1.54) is 39.3 Å². The quantitative estimate of drug-likeness (QED) is 0.820. The third-order valence-electron chi connectivity index (χ3n) is 5.43. The Balaban J connectivity index is 1.72. The molecule has 5 heteroatoms. The molecule has 0 spiro atoms. The van der Waals surface area contributed by atoms with Gasteiger partial charge in [-0.3, -0.25) is 9.80 Å². The Bertz CT molecular complexity index is 379. The van der Waals surface area contributed by atoms with Crippen LogP contribution in [0, 0.1) is 0 Å². The van der Waals surface area contributed by atoms with Crippen molar-refractivity contribution < 1.29 is 0 Å². The smallest absolute Gasteiger partial charge is 0.169 e. The van der Waals surface area contributed by atoms with Gasteiger partial charge in [0.25, 0.3) is 0 Å². The molecule has 0 atom stereocenters. The van der Waals surface area contributed by atoms with Gasteiger partial charge < -0.3 is 15.1 Å². The first-order chi connectivity index (χ1) is 10.8. The lowest BCUT2D eigenvalue weighted by Gasteiger charge is -2.54. The molecule has 0 unspecified atom stereocenters. The second-order valence-corrected chi connectivity index (χ2v) is 6.43. The number of allylic oxidation sites excluding steroid dienone is 2. The maximum Gasteiger partial charge on any atom is 0.169 e. The molecule has 0 aromatic heterocycles. The van der Waals surface area contributed by atoms with E-state index in [0.29, 0.717) is 0 Å². The molecule has 0 amide bonds. The molecule has 5 nitrogen and oxygen atoms in total. The first-order valence-electron chi connectivity index (χ1n) is 8.85. The molecule has 1 N–H and O–H groups in total. The largest absolute Gasteiger partial charge is 0.358 e. The number of likely N-dealkylation sites (N-methyl/N-ethyl adjacent to an activating group) is 2. The summed E-state index contributed by atoms with van der Waals surface area (Å²) in [5.41, 5.74) is 0. The SMILES string of the molecule is CCN1CCN(C2(N3CCN(CC)CC3)C=CC=CN2)CC1. The number of rotatable bonds is 4. The average molecular weight is 305 g/mol. The summed E-state index contributed by atoms with van der Waals surface area (Å²) < 4.78 is 0. The van der Waals surface area contributed by atoms with Gasteiger partial charge in [-0.05, 0) is 31.4 Å². The van der Waals surface area contributed by atoms with Gasteiger partial charge in [0.1, 0.15) is 0 Å². The van der Waals surface area contributed by atoms with Crippen LogP contribution in [0.5, 0.6) is 0 Å². The molecule has 3 heterocycles. The number of piperazine rings is 2. The minimum absolute atomic E-state index is 0.117. The van der Waals surface area contributed by atoms with Crippen molar-refractivity contribution in [2.24, 2.45) is 0 Å². The van der Waals surface area contributed by atoms with Gasteiger partial charge in [0.05, 0.1) is 0 Å². The molecule has 2 saturated heterocycles. The van der Waals surface area contributed by atoms with Crippen LogP contribution in [0.3, 0.4) is 0 Å². The lowest BCUT2D eigenvalue weighted by Crippen LogP contribution is -2.72. The van der Waals surface area contributed by atoms with Gasteiger partial charge in [-0.15, -0.1) is 0 Å². The Morgan fingerprint density at radius 2 is 1.27 bits per heavy atom. The number of hydrogen-bond donors (Lipinski definition) is 1. The molecule has 3 aliphatic rings.